The van der Waals surface area contributed by atoms with Crippen LogP contribution in [0.1, 0.15) is 10.4 Å². The van der Waals surface area contributed by atoms with Crippen LogP contribution in [-0.4, -0.2) is 42.2 Å². The number of fused-ring (bicyclic) bond motifs is 1. The van der Waals surface area contributed by atoms with Crippen LogP contribution in [0.4, 0.5) is 0 Å². The number of aromatic nitrogens is 1. The molecule has 1 aromatic heterocycles. The first-order chi connectivity index (χ1) is 12.3. The van der Waals surface area contributed by atoms with Gasteiger partial charge in [-0.25, -0.2) is 4.98 Å². The van der Waals surface area contributed by atoms with Gasteiger partial charge in [-0.15, -0.1) is 12.4 Å². The van der Waals surface area contributed by atoms with Crippen molar-refractivity contribution in [3.63, 3.8) is 0 Å². The van der Waals surface area contributed by atoms with E-state index < -0.39 is 0 Å². The SMILES string of the molecule is Cl.O=C(NCCNCCO)c1cccc2ccc(-c3ccccc3)nc12. The van der Waals surface area contributed by atoms with Crippen LogP contribution in [0.3, 0.4) is 0 Å². The molecule has 6 heteroatoms. The predicted molar refractivity (Wildman–Crippen MR) is 107 cm³/mol. The summed E-state index contributed by atoms with van der Waals surface area (Å²) in [4.78, 5) is 17.2. The summed E-state index contributed by atoms with van der Waals surface area (Å²) < 4.78 is 0. The molecule has 0 bridgehead atoms. The number of amides is 1. The van der Waals surface area contributed by atoms with E-state index in [2.05, 4.69) is 10.6 Å². The summed E-state index contributed by atoms with van der Waals surface area (Å²) in [5.74, 6) is -0.144. The van der Waals surface area contributed by atoms with Crippen LogP contribution in [0.2, 0.25) is 0 Å². The second kappa shape index (κ2) is 9.87. The number of carbonyl (C=O) groups excluding carboxylic acids is 1. The molecule has 0 saturated heterocycles. The quantitative estimate of drug-likeness (QED) is 0.558. The van der Waals surface area contributed by atoms with Crippen molar-refractivity contribution in [2.45, 2.75) is 0 Å². The minimum Gasteiger partial charge on any atom is -0.395 e. The maximum absolute atomic E-state index is 12.5. The number of hydrogen-bond acceptors (Lipinski definition) is 4. The number of benzene rings is 2. The molecule has 2 aromatic carbocycles. The van der Waals surface area contributed by atoms with E-state index >= 15 is 0 Å². The number of aliphatic hydroxyl groups is 1. The monoisotopic (exact) mass is 371 g/mol. The predicted octanol–water partition coefficient (Wildman–Crippen LogP) is 2.64. The molecule has 1 amide bonds. The molecule has 3 rings (SSSR count). The van der Waals surface area contributed by atoms with E-state index in [4.69, 9.17) is 10.1 Å². The number of para-hydroxylation sites is 1. The molecule has 0 saturated carbocycles. The smallest absolute Gasteiger partial charge is 0.253 e. The highest BCUT2D eigenvalue weighted by Crippen LogP contribution is 2.23. The lowest BCUT2D eigenvalue weighted by Gasteiger charge is -2.09. The first kappa shape index (κ1) is 19.8. The van der Waals surface area contributed by atoms with Gasteiger partial charge in [-0.1, -0.05) is 48.5 Å². The van der Waals surface area contributed by atoms with E-state index in [1.807, 2.05) is 54.6 Å². The number of nitrogens with one attached hydrogen (secondary N) is 2. The molecule has 5 nitrogen and oxygen atoms in total. The second-order valence-electron chi connectivity index (χ2n) is 5.67. The van der Waals surface area contributed by atoms with Gasteiger partial charge < -0.3 is 15.7 Å². The van der Waals surface area contributed by atoms with Crippen molar-refractivity contribution in [3.8, 4) is 11.3 Å². The van der Waals surface area contributed by atoms with E-state index in [0.717, 1.165) is 16.6 Å². The topological polar surface area (TPSA) is 74.2 Å². The Kier molecular flexibility index (Phi) is 7.53. The Morgan fingerprint density at radius 2 is 1.73 bits per heavy atom. The first-order valence-corrected chi connectivity index (χ1v) is 8.34. The molecule has 1 heterocycles. The normalized spacial score (nSPS) is 10.3. The average Bonchev–Trinajstić information content (AvgIpc) is 2.67. The molecule has 3 N–H and O–H groups in total. The van der Waals surface area contributed by atoms with Gasteiger partial charge in [-0.3, -0.25) is 4.79 Å². The van der Waals surface area contributed by atoms with Gasteiger partial charge in [-0.05, 0) is 12.1 Å². The fraction of sp³-hybridized carbons (Fsp3) is 0.200. The van der Waals surface area contributed by atoms with Crippen LogP contribution in [0.25, 0.3) is 22.2 Å². The standard InChI is InChI=1S/C20H21N3O2.ClH/c24-14-13-21-11-12-22-20(25)17-8-4-7-16-9-10-18(23-19(16)17)15-5-2-1-3-6-15;/h1-10,21,24H,11-14H2,(H,22,25);1H. The minimum atomic E-state index is -0.144. The van der Waals surface area contributed by atoms with Crippen LogP contribution < -0.4 is 10.6 Å². The third kappa shape index (κ3) is 4.79. The molecule has 0 spiro atoms. The zero-order valence-electron chi connectivity index (χ0n) is 14.3. The Labute approximate surface area is 158 Å². The van der Waals surface area contributed by atoms with Crippen LogP contribution in [0.15, 0.2) is 60.7 Å². The van der Waals surface area contributed by atoms with E-state index in [0.29, 0.717) is 30.7 Å². The van der Waals surface area contributed by atoms with Crippen LogP contribution >= 0.6 is 12.4 Å². The molecule has 0 unspecified atom stereocenters. The number of halogens is 1. The Morgan fingerprint density at radius 1 is 0.923 bits per heavy atom. The second-order valence-corrected chi connectivity index (χ2v) is 5.67. The lowest BCUT2D eigenvalue weighted by atomic mass is 10.1. The maximum Gasteiger partial charge on any atom is 0.253 e. The van der Waals surface area contributed by atoms with Crippen LogP contribution in [-0.2, 0) is 0 Å². The highest BCUT2D eigenvalue weighted by atomic mass is 35.5. The average molecular weight is 372 g/mol. The number of aliphatic hydroxyl groups excluding tert-OH is 1. The first-order valence-electron chi connectivity index (χ1n) is 8.34. The molecule has 26 heavy (non-hydrogen) atoms. The Morgan fingerprint density at radius 3 is 2.50 bits per heavy atom. The number of rotatable bonds is 7. The zero-order valence-corrected chi connectivity index (χ0v) is 15.1. The van der Waals surface area contributed by atoms with Crippen molar-refractivity contribution in [3.05, 3.63) is 66.2 Å². The van der Waals surface area contributed by atoms with Crippen LogP contribution in [0, 0.1) is 0 Å². The van der Waals surface area contributed by atoms with Gasteiger partial charge in [0.25, 0.3) is 5.91 Å². The van der Waals surface area contributed by atoms with Gasteiger partial charge in [0.05, 0.1) is 23.4 Å². The Balaban J connectivity index is 0.00000243. The summed E-state index contributed by atoms with van der Waals surface area (Å²) in [7, 11) is 0. The van der Waals surface area contributed by atoms with Gasteiger partial charge in [0.15, 0.2) is 0 Å². The van der Waals surface area contributed by atoms with Gasteiger partial charge >= 0.3 is 0 Å². The van der Waals surface area contributed by atoms with E-state index in [-0.39, 0.29) is 24.9 Å². The third-order valence-corrected chi connectivity index (χ3v) is 3.91. The fourth-order valence-corrected chi connectivity index (χ4v) is 2.66. The van der Waals surface area contributed by atoms with Gasteiger partial charge in [0.2, 0.25) is 0 Å². The van der Waals surface area contributed by atoms with Gasteiger partial charge in [0, 0.05) is 30.6 Å². The zero-order chi connectivity index (χ0) is 17.5. The van der Waals surface area contributed by atoms with Crippen LogP contribution in [0.5, 0.6) is 0 Å². The van der Waals surface area contributed by atoms with Crippen molar-refractivity contribution in [2.75, 3.05) is 26.2 Å². The summed E-state index contributed by atoms with van der Waals surface area (Å²) in [5, 5.41) is 15.6. The maximum atomic E-state index is 12.5. The van der Waals surface area contributed by atoms with Crippen molar-refractivity contribution < 1.29 is 9.90 Å². The molecule has 0 aliphatic heterocycles. The molecule has 3 aromatic rings. The molecular formula is C20H22ClN3O2. The minimum absolute atomic E-state index is 0. The van der Waals surface area contributed by atoms with Crippen molar-refractivity contribution in [1.29, 1.82) is 0 Å². The highest BCUT2D eigenvalue weighted by molar-refractivity contribution is 6.05. The van der Waals surface area contributed by atoms with Crippen molar-refractivity contribution >= 4 is 29.2 Å². The summed E-state index contributed by atoms with van der Waals surface area (Å²) in [5.41, 5.74) is 3.13. The molecular weight excluding hydrogens is 350 g/mol. The van der Waals surface area contributed by atoms with E-state index in [1.165, 1.54) is 0 Å². The Bertz CT molecular complexity index is 856. The Hall–Kier alpha value is -2.47. The van der Waals surface area contributed by atoms with Crippen molar-refractivity contribution in [1.82, 2.24) is 15.6 Å². The molecule has 0 aliphatic carbocycles. The van der Waals surface area contributed by atoms with Gasteiger partial charge in [0.1, 0.15) is 0 Å². The summed E-state index contributed by atoms with van der Waals surface area (Å²) in [6.45, 7) is 1.71. The summed E-state index contributed by atoms with van der Waals surface area (Å²) in [6.07, 6.45) is 0. The summed E-state index contributed by atoms with van der Waals surface area (Å²) >= 11 is 0. The highest BCUT2D eigenvalue weighted by Gasteiger charge is 2.11. The molecule has 0 fully saturated rings. The molecule has 0 atom stereocenters. The van der Waals surface area contributed by atoms with Crippen molar-refractivity contribution in [2.24, 2.45) is 0 Å². The lowest BCUT2D eigenvalue weighted by Crippen LogP contribution is -2.33. The molecule has 0 aliphatic rings. The van der Waals surface area contributed by atoms with E-state index in [1.54, 1.807) is 6.07 Å². The number of nitrogens with zero attached hydrogens (tertiary/aromatic N) is 1. The largest absolute Gasteiger partial charge is 0.395 e. The number of carbonyl (C=O) groups is 1. The summed E-state index contributed by atoms with van der Waals surface area (Å²) in [6, 6.07) is 19.5. The van der Waals surface area contributed by atoms with Gasteiger partial charge in [-0.2, -0.15) is 0 Å². The lowest BCUT2D eigenvalue weighted by molar-refractivity contribution is 0.0955. The third-order valence-electron chi connectivity index (χ3n) is 3.91. The molecule has 136 valence electrons. The number of hydrogen-bond donors (Lipinski definition) is 3. The number of pyridine rings is 1. The molecule has 0 radical (unpaired) electrons. The fourth-order valence-electron chi connectivity index (χ4n) is 2.66. The van der Waals surface area contributed by atoms with E-state index in [9.17, 15) is 4.79 Å².